The first kappa shape index (κ1) is 32.9. The van der Waals surface area contributed by atoms with Gasteiger partial charge in [0.2, 0.25) is 11.8 Å². The van der Waals surface area contributed by atoms with Crippen molar-refractivity contribution in [2.24, 2.45) is 5.92 Å². The van der Waals surface area contributed by atoms with Gasteiger partial charge in [-0.05, 0) is 86.0 Å². The third-order valence-electron chi connectivity index (χ3n) is 6.48. The number of benzene rings is 3. The van der Waals surface area contributed by atoms with E-state index in [0.717, 1.165) is 14.3 Å². The number of nitrogens with zero attached hydrogens (tertiary/aromatic N) is 2. The van der Waals surface area contributed by atoms with Gasteiger partial charge in [0.1, 0.15) is 24.1 Å². The number of anilines is 1. The number of amides is 2. The van der Waals surface area contributed by atoms with Crippen molar-refractivity contribution in [2.75, 3.05) is 31.1 Å². The number of rotatable bonds is 14. The van der Waals surface area contributed by atoms with Crippen LogP contribution in [0, 0.1) is 5.92 Å². The lowest BCUT2D eigenvalue weighted by Crippen LogP contribution is -2.51. The predicted octanol–water partition coefficient (Wildman–Crippen LogP) is 5.24. The fourth-order valence-corrected chi connectivity index (χ4v) is 5.78. The molecule has 2 amide bonds. The van der Waals surface area contributed by atoms with Crippen LogP contribution in [0.3, 0.4) is 0 Å². The summed E-state index contributed by atoms with van der Waals surface area (Å²) in [6.07, 6.45) is 0. The molecule has 1 N–H and O–H groups in total. The highest BCUT2D eigenvalue weighted by atomic mass is 79.9. The number of ether oxygens (including phenoxy) is 2. The average Bonchev–Trinajstić information content (AvgIpc) is 2.98. The van der Waals surface area contributed by atoms with Crippen LogP contribution in [0.5, 0.6) is 11.5 Å². The molecule has 3 aromatic rings. The van der Waals surface area contributed by atoms with Gasteiger partial charge in [-0.3, -0.25) is 13.9 Å². The second-order valence-electron chi connectivity index (χ2n) is 10.1. The number of carbonyl (C=O) groups is 2. The largest absolute Gasteiger partial charge is 0.497 e. The molecule has 0 bridgehead atoms. The standard InChI is InChI=1S/C31H38BrN3O6S/c1-6-41-28-15-11-26(12-16-28)35(42(38,39)29-17-9-25(32)10-18-29)21-30(36)34(23(4)31(37)33-19-22(2)3)20-24-7-13-27(40-5)14-8-24/h7-18,22-23H,6,19-21H2,1-5H3,(H,33,37). The molecule has 0 heterocycles. The van der Waals surface area contributed by atoms with Crippen molar-refractivity contribution in [3.8, 4) is 11.5 Å². The Hall–Kier alpha value is -3.57. The van der Waals surface area contributed by atoms with Crippen molar-refractivity contribution in [2.45, 2.75) is 45.2 Å². The Bertz CT molecular complexity index is 1430. The molecule has 0 fully saturated rings. The number of methoxy groups -OCH3 is 1. The third kappa shape index (κ3) is 8.72. The summed E-state index contributed by atoms with van der Waals surface area (Å²) in [5, 5.41) is 2.88. The van der Waals surface area contributed by atoms with Crippen LogP contribution in [0.15, 0.2) is 82.2 Å². The number of halogens is 1. The lowest BCUT2D eigenvalue weighted by molar-refractivity contribution is -0.139. The van der Waals surface area contributed by atoms with Crippen molar-refractivity contribution in [3.05, 3.63) is 82.8 Å². The highest BCUT2D eigenvalue weighted by Crippen LogP contribution is 2.27. The smallest absolute Gasteiger partial charge is 0.264 e. The van der Waals surface area contributed by atoms with Gasteiger partial charge in [0, 0.05) is 17.6 Å². The molecule has 3 rings (SSSR count). The minimum Gasteiger partial charge on any atom is -0.497 e. The molecule has 0 aliphatic heterocycles. The minimum atomic E-state index is -4.17. The first-order valence-electron chi connectivity index (χ1n) is 13.7. The predicted molar refractivity (Wildman–Crippen MR) is 167 cm³/mol. The van der Waals surface area contributed by atoms with E-state index >= 15 is 0 Å². The number of nitrogens with one attached hydrogen (secondary N) is 1. The molecule has 0 saturated heterocycles. The second-order valence-corrected chi connectivity index (χ2v) is 12.9. The molecule has 0 spiro atoms. The molecule has 1 unspecified atom stereocenters. The Morgan fingerprint density at radius 2 is 1.50 bits per heavy atom. The molecular weight excluding hydrogens is 622 g/mol. The summed E-state index contributed by atoms with van der Waals surface area (Å²) in [6, 6.07) is 19.0. The lowest BCUT2D eigenvalue weighted by Gasteiger charge is -2.32. The topological polar surface area (TPSA) is 105 Å². The van der Waals surface area contributed by atoms with E-state index < -0.39 is 28.5 Å². The van der Waals surface area contributed by atoms with Gasteiger partial charge in [0.25, 0.3) is 10.0 Å². The summed E-state index contributed by atoms with van der Waals surface area (Å²) in [6.45, 7) is 7.92. The van der Waals surface area contributed by atoms with Crippen LogP contribution in [0.1, 0.15) is 33.3 Å². The zero-order chi connectivity index (χ0) is 30.9. The Balaban J connectivity index is 2.01. The first-order chi connectivity index (χ1) is 20.0. The maximum Gasteiger partial charge on any atom is 0.264 e. The molecule has 42 heavy (non-hydrogen) atoms. The summed E-state index contributed by atoms with van der Waals surface area (Å²) in [4.78, 5) is 28.6. The summed E-state index contributed by atoms with van der Waals surface area (Å²) < 4.78 is 40.4. The van der Waals surface area contributed by atoms with E-state index in [9.17, 15) is 18.0 Å². The van der Waals surface area contributed by atoms with Gasteiger partial charge in [-0.15, -0.1) is 0 Å². The van der Waals surface area contributed by atoms with E-state index in [2.05, 4.69) is 21.2 Å². The average molecular weight is 661 g/mol. The van der Waals surface area contributed by atoms with Crippen LogP contribution in [0.4, 0.5) is 5.69 Å². The van der Waals surface area contributed by atoms with E-state index in [1.165, 1.54) is 17.0 Å². The lowest BCUT2D eigenvalue weighted by atomic mass is 10.1. The quantitative estimate of drug-likeness (QED) is 0.254. The Morgan fingerprint density at radius 3 is 2.05 bits per heavy atom. The van der Waals surface area contributed by atoms with Gasteiger partial charge in [0.15, 0.2) is 0 Å². The van der Waals surface area contributed by atoms with Crippen LogP contribution in [-0.4, -0.2) is 58.0 Å². The van der Waals surface area contributed by atoms with Gasteiger partial charge < -0.3 is 19.7 Å². The monoisotopic (exact) mass is 659 g/mol. The SMILES string of the molecule is CCOc1ccc(N(CC(=O)N(Cc2ccc(OC)cc2)C(C)C(=O)NCC(C)C)S(=O)(=O)c2ccc(Br)cc2)cc1. The fourth-order valence-electron chi connectivity index (χ4n) is 4.10. The minimum absolute atomic E-state index is 0.0248. The molecule has 0 aliphatic rings. The molecule has 0 radical (unpaired) electrons. The summed E-state index contributed by atoms with van der Waals surface area (Å²) in [5.74, 6) is 0.589. The number of carbonyl (C=O) groups excluding carboxylic acids is 2. The highest BCUT2D eigenvalue weighted by Gasteiger charge is 2.32. The van der Waals surface area contributed by atoms with E-state index in [1.54, 1.807) is 74.7 Å². The Labute approximate surface area is 257 Å². The van der Waals surface area contributed by atoms with Crippen molar-refractivity contribution in [1.29, 1.82) is 0 Å². The van der Waals surface area contributed by atoms with Gasteiger partial charge in [0.05, 0.1) is 24.3 Å². The first-order valence-corrected chi connectivity index (χ1v) is 15.9. The molecule has 226 valence electrons. The number of sulfonamides is 1. The Morgan fingerprint density at radius 1 is 0.905 bits per heavy atom. The molecule has 0 saturated carbocycles. The van der Waals surface area contributed by atoms with Gasteiger partial charge in [-0.1, -0.05) is 41.9 Å². The van der Waals surface area contributed by atoms with Gasteiger partial charge >= 0.3 is 0 Å². The summed E-state index contributed by atoms with van der Waals surface area (Å²) in [5.41, 5.74) is 1.05. The summed E-state index contributed by atoms with van der Waals surface area (Å²) in [7, 11) is -2.60. The van der Waals surface area contributed by atoms with E-state index in [4.69, 9.17) is 9.47 Å². The van der Waals surface area contributed by atoms with Crippen LogP contribution in [-0.2, 0) is 26.2 Å². The number of hydrogen-bond acceptors (Lipinski definition) is 6. The molecular formula is C31H38BrN3O6S. The van der Waals surface area contributed by atoms with Crippen LogP contribution < -0.4 is 19.1 Å². The maximum absolute atomic E-state index is 14.0. The molecule has 0 aliphatic carbocycles. The van der Waals surface area contributed by atoms with Gasteiger partial charge in [-0.2, -0.15) is 0 Å². The van der Waals surface area contributed by atoms with Crippen LogP contribution in [0.25, 0.3) is 0 Å². The van der Waals surface area contributed by atoms with Crippen molar-refractivity contribution >= 4 is 43.5 Å². The van der Waals surface area contributed by atoms with E-state index in [1.807, 2.05) is 20.8 Å². The molecule has 0 aromatic heterocycles. The zero-order valence-corrected chi connectivity index (χ0v) is 26.9. The van der Waals surface area contributed by atoms with Crippen LogP contribution >= 0.6 is 15.9 Å². The van der Waals surface area contributed by atoms with E-state index in [0.29, 0.717) is 24.7 Å². The molecule has 1 atom stereocenters. The second kappa shape index (κ2) is 15.1. The van der Waals surface area contributed by atoms with Crippen molar-refractivity contribution < 1.29 is 27.5 Å². The fraction of sp³-hybridized carbons (Fsp3) is 0.355. The molecule has 9 nitrogen and oxygen atoms in total. The van der Waals surface area contributed by atoms with E-state index in [-0.39, 0.29) is 29.0 Å². The number of hydrogen-bond donors (Lipinski definition) is 1. The highest BCUT2D eigenvalue weighted by molar-refractivity contribution is 9.10. The Kier molecular flexibility index (Phi) is 11.8. The van der Waals surface area contributed by atoms with Crippen LogP contribution in [0.2, 0.25) is 0 Å². The molecule has 3 aromatic carbocycles. The molecule has 11 heteroatoms. The maximum atomic E-state index is 14.0. The van der Waals surface area contributed by atoms with Crippen molar-refractivity contribution in [3.63, 3.8) is 0 Å². The van der Waals surface area contributed by atoms with Gasteiger partial charge in [-0.25, -0.2) is 8.42 Å². The third-order valence-corrected chi connectivity index (χ3v) is 8.80. The summed E-state index contributed by atoms with van der Waals surface area (Å²) >= 11 is 3.34. The van der Waals surface area contributed by atoms with Crippen molar-refractivity contribution in [1.82, 2.24) is 10.2 Å². The normalized spacial score (nSPS) is 12.0. The zero-order valence-electron chi connectivity index (χ0n) is 24.5.